The van der Waals surface area contributed by atoms with E-state index in [2.05, 4.69) is 4.99 Å². The molecular weight excluding hydrogens is 292 g/mol. The smallest absolute Gasteiger partial charge is 0.251 e. The minimum atomic E-state index is 0.0398. The van der Waals surface area contributed by atoms with Crippen molar-refractivity contribution in [3.8, 4) is 0 Å². The van der Waals surface area contributed by atoms with Gasteiger partial charge in [0.2, 0.25) is 0 Å². The zero-order valence-electron chi connectivity index (χ0n) is 11.4. The number of nitrogens with zero attached hydrogens (tertiary/aromatic N) is 2. The minimum absolute atomic E-state index is 0.0398. The van der Waals surface area contributed by atoms with E-state index in [1.807, 2.05) is 29.8 Å². The van der Waals surface area contributed by atoms with Crippen molar-refractivity contribution in [2.24, 2.45) is 18.0 Å². The van der Waals surface area contributed by atoms with Gasteiger partial charge in [-0.05, 0) is 31.0 Å². The number of rotatable bonds is 1. The summed E-state index contributed by atoms with van der Waals surface area (Å²) in [6, 6.07) is 5.76. The van der Waals surface area contributed by atoms with Crippen LogP contribution in [0, 0.1) is 5.92 Å². The zero-order valence-corrected chi connectivity index (χ0v) is 13.0. The molecule has 20 heavy (non-hydrogen) atoms. The zero-order chi connectivity index (χ0) is 14.1. The Kier molecular flexibility index (Phi) is 3.94. The molecule has 3 rings (SSSR count). The lowest BCUT2D eigenvalue weighted by Gasteiger charge is -2.17. The van der Waals surface area contributed by atoms with Gasteiger partial charge in [-0.3, -0.25) is 4.79 Å². The first-order valence-corrected chi connectivity index (χ1v) is 8.18. The number of amides is 1. The number of hydrogen-bond donors (Lipinski definition) is 0. The molecule has 0 saturated heterocycles. The first-order chi connectivity index (χ1) is 9.65. The summed E-state index contributed by atoms with van der Waals surface area (Å²) < 4.78 is 3.03. The summed E-state index contributed by atoms with van der Waals surface area (Å²) in [6.45, 7) is 0. The number of carbonyl (C=O) groups excluding carboxylic acids is 1. The highest BCUT2D eigenvalue weighted by Gasteiger charge is 2.20. The second-order valence-corrected chi connectivity index (χ2v) is 6.79. The van der Waals surface area contributed by atoms with Crippen molar-refractivity contribution >= 4 is 39.1 Å². The molecule has 0 atom stereocenters. The number of fused-ring (bicyclic) bond motifs is 1. The molecule has 1 fully saturated rings. The van der Waals surface area contributed by atoms with Crippen LogP contribution in [0.25, 0.3) is 10.2 Å². The third-order valence-electron chi connectivity index (χ3n) is 3.93. The van der Waals surface area contributed by atoms with Crippen LogP contribution in [0.2, 0.25) is 5.02 Å². The van der Waals surface area contributed by atoms with Gasteiger partial charge < -0.3 is 4.57 Å². The fourth-order valence-corrected chi connectivity index (χ4v) is 4.05. The van der Waals surface area contributed by atoms with E-state index in [0.29, 0.717) is 5.02 Å². The quantitative estimate of drug-likeness (QED) is 0.786. The molecule has 0 unspecified atom stereocenters. The summed E-state index contributed by atoms with van der Waals surface area (Å²) in [4.78, 5) is 17.4. The van der Waals surface area contributed by atoms with Gasteiger partial charge in [0.05, 0.1) is 10.2 Å². The number of aryl methyl sites for hydroxylation is 1. The maximum atomic E-state index is 12.3. The fraction of sp³-hybridized carbons (Fsp3) is 0.467. The molecule has 1 saturated carbocycles. The number of hydrogen-bond acceptors (Lipinski definition) is 2. The Morgan fingerprint density at radius 2 is 2.10 bits per heavy atom. The molecule has 0 aliphatic heterocycles. The van der Waals surface area contributed by atoms with Crippen LogP contribution in [0.1, 0.15) is 32.1 Å². The summed E-state index contributed by atoms with van der Waals surface area (Å²) in [5.41, 5.74) is 1.06. The number of thiazole rings is 1. The lowest BCUT2D eigenvalue weighted by Crippen LogP contribution is -2.20. The molecule has 1 aliphatic rings. The molecule has 0 N–H and O–H groups in total. The van der Waals surface area contributed by atoms with Gasteiger partial charge in [-0.15, -0.1) is 0 Å². The van der Waals surface area contributed by atoms with Gasteiger partial charge in [0.25, 0.3) is 5.91 Å². The number of carbonyl (C=O) groups is 1. The van der Waals surface area contributed by atoms with Gasteiger partial charge in [0, 0.05) is 18.0 Å². The molecule has 0 radical (unpaired) electrons. The van der Waals surface area contributed by atoms with Gasteiger partial charge in [-0.25, -0.2) is 0 Å². The van der Waals surface area contributed by atoms with E-state index in [0.717, 1.165) is 40.7 Å². The van der Waals surface area contributed by atoms with Gasteiger partial charge in [0.1, 0.15) is 0 Å². The SMILES string of the molecule is Cn1c(=NC(=O)C2CCCCC2)sc2cc(Cl)ccc21. The highest BCUT2D eigenvalue weighted by atomic mass is 35.5. The normalized spacial score (nSPS) is 17.8. The Hall–Kier alpha value is -1.13. The molecule has 1 aromatic carbocycles. The molecule has 1 aromatic heterocycles. The Morgan fingerprint density at radius 3 is 2.85 bits per heavy atom. The Balaban J connectivity index is 1.98. The van der Waals surface area contributed by atoms with Gasteiger partial charge >= 0.3 is 0 Å². The number of halogens is 1. The first kappa shape index (κ1) is 13.8. The number of aromatic nitrogens is 1. The lowest BCUT2D eigenvalue weighted by molar-refractivity contribution is -0.122. The molecule has 1 heterocycles. The predicted octanol–water partition coefficient (Wildman–Crippen LogP) is 3.90. The molecule has 1 amide bonds. The van der Waals surface area contributed by atoms with Crippen LogP contribution >= 0.6 is 22.9 Å². The second-order valence-electron chi connectivity index (χ2n) is 5.34. The first-order valence-electron chi connectivity index (χ1n) is 6.99. The standard InChI is InChI=1S/C15H17ClN2OS/c1-18-12-8-7-11(16)9-13(12)20-15(18)17-14(19)10-5-3-2-4-6-10/h7-10H,2-6H2,1H3. The predicted molar refractivity (Wildman–Crippen MR) is 83.0 cm³/mol. The average molecular weight is 309 g/mol. The summed E-state index contributed by atoms with van der Waals surface area (Å²) in [5, 5.41) is 0.713. The van der Waals surface area contributed by atoms with Crippen LogP contribution in [0.15, 0.2) is 23.2 Å². The fourth-order valence-electron chi connectivity index (χ4n) is 2.75. The van der Waals surface area contributed by atoms with Gasteiger partial charge in [0.15, 0.2) is 4.80 Å². The van der Waals surface area contributed by atoms with E-state index in [9.17, 15) is 4.79 Å². The van der Waals surface area contributed by atoms with Crippen molar-refractivity contribution < 1.29 is 4.79 Å². The van der Waals surface area contributed by atoms with Gasteiger partial charge in [-0.1, -0.05) is 42.2 Å². The third-order valence-corrected chi connectivity index (χ3v) is 5.26. The Morgan fingerprint density at radius 1 is 1.35 bits per heavy atom. The molecular formula is C15H17ClN2OS. The molecule has 0 bridgehead atoms. The van der Waals surface area contributed by atoms with E-state index in [-0.39, 0.29) is 11.8 Å². The van der Waals surface area contributed by atoms with E-state index in [4.69, 9.17) is 11.6 Å². The summed E-state index contributed by atoms with van der Waals surface area (Å²) in [6.07, 6.45) is 5.53. The Labute approximate surface area is 126 Å². The summed E-state index contributed by atoms with van der Waals surface area (Å²) in [5.74, 6) is 0.163. The summed E-state index contributed by atoms with van der Waals surface area (Å²) >= 11 is 7.53. The van der Waals surface area contributed by atoms with Crippen molar-refractivity contribution in [2.75, 3.05) is 0 Å². The van der Waals surface area contributed by atoms with Crippen LogP contribution in [-0.4, -0.2) is 10.5 Å². The third kappa shape index (κ3) is 2.67. The number of benzene rings is 1. The van der Waals surface area contributed by atoms with E-state index in [1.54, 1.807) is 0 Å². The molecule has 3 nitrogen and oxygen atoms in total. The molecule has 1 aliphatic carbocycles. The molecule has 0 spiro atoms. The minimum Gasteiger partial charge on any atom is -0.319 e. The largest absolute Gasteiger partial charge is 0.319 e. The maximum Gasteiger partial charge on any atom is 0.251 e. The molecule has 106 valence electrons. The monoisotopic (exact) mass is 308 g/mol. The Bertz CT molecular complexity index is 710. The van der Waals surface area contributed by atoms with Crippen LogP contribution in [0.5, 0.6) is 0 Å². The van der Waals surface area contributed by atoms with E-state index in [1.165, 1.54) is 17.8 Å². The highest BCUT2D eigenvalue weighted by molar-refractivity contribution is 7.16. The van der Waals surface area contributed by atoms with Crippen molar-refractivity contribution in [1.29, 1.82) is 0 Å². The lowest BCUT2D eigenvalue weighted by atomic mass is 9.89. The summed E-state index contributed by atoms with van der Waals surface area (Å²) in [7, 11) is 1.94. The molecule has 5 heteroatoms. The van der Waals surface area contributed by atoms with Crippen LogP contribution in [0.4, 0.5) is 0 Å². The van der Waals surface area contributed by atoms with Crippen molar-refractivity contribution in [3.63, 3.8) is 0 Å². The van der Waals surface area contributed by atoms with E-state index < -0.39 is 0 Å². The highest BCUT2D eigenvalue weighted by Crippen LogP contribution is 2.25. The van der Waals surface area contributed by atoms with Gasteiger partial charge in [-0.2, -0.15) is 4.99 Å². The molecule has 2 aromatic rings. The van der Waals surface area contributed by atoms with Crippen molar-refractivity contribution in [2.45, 2.75) is 32.1 Å². The topological polar surface area (TPSA) is 34.4 Å². The average Bonchev–Trinajstić information content (AvgIpc) is 2.75. The van der Waals surface area contributed by atoms with Crippen LogP contribution in [-0.2, 0) is 11.8 Å². The van der Waals surface area contributed by atoms with Crippen LogP contribution in [0.3, 0.4) is 0 Å². The van der Waals surface area contributed by atoms with Crippen molar-refractivity contribution in [1.82, 2.24) is 4.57 Å². The van der Waals surface area contributed by atoms with Crippen molar-refractivity contribution in [3.05, 3.63) is 28.0 Å². The second kappa shape index (κ2) is 5.70. The maximum absolute atomic E-state index is 12.3. The van der Waals surface area contributed by atoms with Crippen LogP contribution < -0.4 is 4.80 Å². The van der Waals surface area contributed by atoms with E-state index >= 15 is 0 Å².